The Bertz CT molecular complexity index is 522. The fourth-order valence-corrected chi connectivity index (χ4v) is 2.42. The molecule has 0 aromatic carbocycles. The lowest BCUT2D eigenvalue weighted by Gasteiger charge is -2.27. The number of hydrogen-bond donors (Lipinski definition) is 0. The zero-order valence-electron chi connectivity index (χ0n) is 11.1. The molecule has 1 aliphatic carbocycles. The Morgan fingerprint density at radius 3 is 2.70 bits per heavy atom. The van der Waals surface area contributed by atoms with Crippen LogP contribution in [0.2, 0.25) is 0 Å². The first-order valence-corrected chi connectivity index (χ1v) is 6.55. The normalized spacial score (nSPS) is 23.1. The van der Waals surface area contributed by atoms with Crippen molar-refractivity contribution >= 4 is 0 Å². The van der Waals surface area contributed by atoms with Crippen molar-refractivity contribution in [2.24, 2.45) is 5.92 Å². The third-order valence-corrected chi connectivity index (χ3v) is 3.44. The summed E-state index contributed by atoms with van der Waals surface area (Å²) in [5.41, 5.74) is -0.994. The van der Waals surface area contributed by atoms with Crippen molar-refractivity contribution in [2.45, 2.75) is 44.9 Å². The topological polar surface area (TPSA) is 45.9 Å². The van der Waals surface area contributed by atoms with Gasteiger partial charge in [0.05, 0.1) is 0 Å². The standard InChI is InChI=1S/C14H15F3N2O/c1-9-3-2-4-11(7-9)20-13-10(8-18)5-6-12(19-13)14(15,16)17/h5-6,9,11H,2-4,7H2,1H3. The Morgan fingerprint density at radius 2 is 2.10 bits per heavy atom. The number of rotatable bonds is 2. The van der Waals surface area contributed by atoms with Gasteiger partial charge in [0, 0.05) is 0 Å². The average molecular weight is 284 g/mol. The van der Waals surface area contributed by atoms with Crippen LogP contribution < -0.4 is 4.74 Å². The molecule has 0 radical (unpaired) electrons. The summed E-state index contributed by atoms with van der Waals surface area (Å²) in [6.45, 7) is 2.08. The molecular weight excluding hydrogens is 269 g/mol. The minimum Gasteiger partial charge on any atom is -0.473 e. The van der Waals surface area contributed by atoms with Gasteiger partial charge in [0.1, 0.15) is 23.4 Å². The molecule has 20 heavy (non-hydrogen) atoms. The first-order chi connectivity index (χ1) is 9.40. The maximum absolute atomic E-state index is 12.6. The molecule has 0 N–H and O–H groups in total. The molecular formula is C14H15F3N2O. The minimum absolute atomic E-state index is 0.0382. The second-order valence-corrected chi connectivity index (χ2v) is 5.17. The SMILES string of the molecule is CC1CCCC(Oc2nc(C(F)(F)F)ccc2C#N)C1. The number of alkyl halides is 3. The van der Waals surface area contributed by atoms with Crippen molar-refractivity contribution in [1.29, 1.82) is 5.26 Å². The van der Waals surface area contributed by atoms with E-state index in [4.69, 9.17) is 10.00 Å². The lowest BCUT2D eigenvalue weighted by molar-refractivity contribution is -0.141. The van der Waals surface area contributed by atoms with E-state index in [2.05, 4.69) is 11.9 Å². The van der Waals surface area contributed by atoms with Crippen LogP contribution in [0.4, 0.5) is 13.2 Å². The largest absolute Gasteiger partial charge is 0.473 e. The van der Waals surface area contributed by atoms with Gasteiger partial charge < -0.3 is 4.74 Å². The van der Waals surface area contributed by atoms with Crippen LogP contribution in [0.5, 0.6) is 5.88 Å². The van der Waals surface area contributed by atoms with Crippen LogP contribution in [0.1, 0.15) is 43.9 Å². The van der Waals surface area contributed by atoms with E-state index < -0.39 is 11.9 Å². The van der Waals surface area contributed by atoms with Gasteiger partial charge in [-0.2, -0.15) is 18.4 Å². The fourth-order valence-electron chi connectivity index (χ4n) is 2.42. The fraction of sp³-hybridized carbons (Fsp3) is 0.571. The maximum atomic E-state index is 12.6. The van der Waals surface area contributed by atoms with E-state index in [1.807, 2.05) is 6.07 Å². The van der Waals surface area contributed by atoms with Gasteiger partial charge in [-0.15, -0.1) is 0 Å². The summed E-state index contributed by atoms with van der Waals surface area (Å²) in [5.74, 6) is 0.270. The first-order valence-electron chi connectivity index (χ1n) is 6.55. The highest BCUT2D eigenvalue weighted by atomic mass is 19.4. The summed E-state index contributed by atoms with van der Waals surface area (Å²) >= 11 is 0. The molecule has 2 unspecified atom stereocenters. The van der Waals surface area contributed by atoms with Gasteiger partial charge in [0.15, 0.2) is 0 Å². The van der Waals surface area contributed by atoms with E-state index in [9.17, 15) is 13.2 Å². The van der Waals surface area contributed by atoms with Crippen LogP contribution in [0, 0.1) is 17.2 Å². The Labute approximate surface area is 115 Å². The number of aromatic nitrogens is 1. The summed E-state index contributed by atoms with van der Waals surface area (Å²) < 4.78 is 43.5. The number of ether oxygens (including phenoxy) is 1. The molecule has 0 amide bonds. The van der Waals surface area contributed by atoms with E-state index in [0.717, 1.165) is 37.8 Å². The predicted molar refractivity (Wildman–Crippen MR) is 66.0 cm³/mol. The van der Waals surface area contributed by atoms with Crippen LogP contribution in [0.25, 0.3) is 0 Å². The van der Waals surface area contributed by atoms with Crippen molar-refractivity contribution in [3.8, 4) is 11.9 Å². The second-order valence-electron chi connectivity index (χ2n) is 5.17. The molecule has 1 aliphatic rings. The molecule has 2 atom stereocenters. The highest BCUT2D eigenvalue weighted by molar-refractivity contribution is 5.39. The van der Waals surface area contributed by atoms with Crippen molar-refractivity contribution in [1.82, 2.24) is 4.98 Å². The number of pyridine rings is 1. The number of nitriles is 1. The molecule has 0 bridgehead atoms. The van der Waals surface area contributed by atoms with Gasteiger partial charge in [0.25, 0.3) is 0 Å². The Kier molecular flexibility index (Phi) is 4.17. The molecule has 1 saturated carbocycles. The Balaban J connectivity index is 2.23. The van der Waals surface area contributed by atoms with Crippen molar-refractivity contribution in [3.05, 3.63) is 23.4 Å². The summed E-state index contributed by atoms with van der Waals surface area (Å²) in [7, 11) is 0. The van der Waals surface area contributed by atoms with Crippen molar-refractivity contribution < 1.29 is 17.9 Å². The number of nitrogens with zero attached hydrogens (tertiary/aromatic N) is 2. The van der Waals surface area contributed by atoms with Crippen LogP contribution in [-0.4, -0.2) is 11.1 Å². The third kappa shape index (κ3) is 3.41. The van der Waals surface area contributed by atoms with Crippen LogP contribution in [-0.2, 0) is 6.18 Å². The van der Waals surface area contributed by atoms with Crippen LogP contribution >= 0.6 is 0 Å². The molecule has 1 heterocycles. The lowest BCUT2D eigenvalue weighted by atomic mass is 9.89. The first kappa shape index (κ1) is 14.6. The average Bonchev–Trinajstić information content (AvgIpc) is 2.37. The molecule has 1 fully saturated rings. The third-order valence-electron chi connectivity index (χ3n) is 3.44. The van der Waals surface area contributed by atoms with E-state index in [1.54, 1.807) is 0 Å². The smallest absolute Gasteiger partial charge is 0.433 e. The molecule has 108 valence electrons. The zero-order valence-corrected chi connectivity index (χ0v) is 11.1. The molecule has 0 saturated heterocycles. The highest BCUT2D eigenvalue weighted by Crippen LogP contribution is 2.32. The van der Waals surface area contributed by atoms with Crippen LogP contribution in [0.15, 0.2) is 12.1 Å². The molecule has 2 rings (SSSR count). The van der Waals surface area contributed by atoms with Crippen molar-refractivity contribution in [2.75, 3.05) is 0 Å². The molecule has 1 aromatic rings. The predicted octanol–water partition coefficient (Wildman–Crippen LogP) is 3.93. The summed E-state index contributed by atoms with van der Waals surface area (Å²) in [4.78, 5) is 3.46. The van der Waals surface area contributed by atoms with Gasteiger partial charge in [0.2, 0.25) is 5.88 Å². The van der Waals surface area contributed by atoms with Gasteiger partial charge in [-0.25, -0.2) is 4.98 Å². The van der Waals surface area contributed by atoms with Gasteiger partial charge in [-0.05, 0) is 37.3 Å². The van der Waals surface area contributed by atoms with E-state index >= 15 is 0 Å². The number of halogens is 3. The lowest BCUT2D eigenvalue weighted by Crippen LogP contribution is -2.25. The Hall–Kier alpha value is -1.77. The van der Waals surface area contributed by atoms with Gasteiger partial charge in [-0.3, -0.25) is 0 Å². The molecule has 3 nitrogen and oxygen atoms in total. The van der Waals surface area contributed by atoms with E-state index in [0.29, 0.717) is 5.92 Å². The number of hydrogen-bond acceptors (Lipinski definition) is 3. The molecule has 1 aromatic heterocycles. The van der Waals surface area contributed by atoms with E-state index in [1.165, 1.54) is 0 Å². The highest BCUT2D eigenvalue weighted by Gasteiger charge is 2.34. The van der Waals surface area contributed by atoms with Gasteiger partial charge >= 0.3 is 6.18 Å². The summed E-state index contributed by atoms with van der Waals surface area (Å²) in [5, 5.41) is 8.94. The van der Waals surface area contributed by atoms with Gasteiger partial charge in [-0.1, -0.05) is 13.3 Å². The molecule has 0 aliphatic heterocycles. The maximum Gasteiger partial charge on any atom is 0.433 e. The van der Waals surface area contributed by atoms with Crippen molar-refractivity contribution in [3.63, 3.8) is 0 Å². The monoisotopic (exact) mass is 284 g/mol. The molecule has 6 heteroatoms. The quantitative estimate of drug-likeness (QED) is 0.826. The second kappa shape index (κ2) is 5.70. The minimum atomic E-state index is -4.54. The van der Waals surface area contributed by atoms with Crippen LogP contribution in [0.3, 0.4) is 0 Å². The summed E-state index contributed by atoms with van der Waals surface area (Å²) in [6, 6.07) is 3.73. The van der Waals surface area contributed by atoms with E-state index in [-0.39, 0.29) is 17.5 Å². The molecule has 0 spiro atoms. The summed E-state index contributed by atoms with van der Waals surface area (Å²) in [6.07, 6.45) is -1.06. The zero-order chi connectivity index (χ0) is 14.8. The Morgan fingerprint density at radius 1 is 1.35 bits per heavy atom.